The van der Waals surface area contributed by atoms with Gasteiger partial charge in [0.25, 0.3) is 0 Å². The van der Waals surface area contributed by atoms with Crippen molar-refractivity contribution in [1.82, 2.24) is 9.80 Å². The molecule has 0 atom stereocenters. The van der Waals surface area contributed by atoms with Crippen molar-refractivity contribution in [3.8, 4) is 0 Å². The molecular weight excluding hydrogens is 286 g/mol. The lowest BCUT2D eigenvalue weighted by molar-refractivity contribution is -0.147. The molecule has 3 aliphatic rings. The number of amides is 2. The number of hydrogen-bond donors (Lipinski definition) is 1. The quantitative estimate of drug-likeness (QED) is 0.610. The molecule has 1 spiro atoms. The van der Waals surface area contributed by atoms with Crippen LogP contribution in [0.25, 0.3) is 0 Å². The van der Waals surface area contributed by atoms with E-state index in [0.29, 0.717) is 24.3 Å². The van der Waals surface area contributed by atoms with Crippen molar-refractivity contribution in [1.29, 1.82) is 0 Å². The molecule has 2 saturated heterocycles. The number of rotatable bonds is 2. The number of hydrogen-bond acceptors (Lipinski definition) is 4. The van der Waals surface area contributed by atoms with Gasteiger partial charge < -0.3 is 10.6 Å². The smallest absolute Gasteiger partial charge is 0.236 e. The largest absolute Gasteiger partial charge is 0.391 e. The summed E-state index contributed by atoms with van der Waals surface area (Å²) < 4.78 is 0. The Labute approximate surface area is 130 Å². The molecule has 3 fully saturated rings. The van der Waals surface area contributed by atoms with Gasteiger partial charge in [-0.1, -0.05) is 25.1 Å². The summed E-state index contributed by atoms with van der Waals surface area (Å²) in [5, 5.41) is 0. The zero-order valence-corrected chi connectivity index (χ0v) is 13.4. The van der Waals surface area contributed by atoms with E-state index in [-0.39, 0.29) is 11.8 Å². The maximum absolute atomic E-state index is 13.0. The lowest BCUT2D eigenvalue weighted by atomic mass is 9.82. The van der Waals surface area contributed by atoms with E-state index < -0.39 is 11.0 Å². The highest BCUT2D eigenvalue weighted by atomic mass is 32.1. The summed E-state index contributed by atoms with van der Waals surface area (Å²) in [6.45, 7) is 1.61. The summed E-state index contributed by atoms with van der Waals surface area (Å²) in [5.41, 5.74) is 4.83. The van der Waals surface area contributed by atoms with E-state index >= 15 is 0 Å². The molecule has 3 rings (SSSR count). The Morgan fingerprint density at radius 3 is 2.24 bits per heavy atom. The van der Waals surface area contributed by atoms with Gasteiger partial charge in [0, 0.05) is 19.5 Å². The molecular formula is C15H23N3O2S. The number of piperidine rings is 1. The van der Waals surface area contributed by atoms with E-state index in [1.165, 1.54) is 4.90 Å². The highest BCUT2D eigenvalue weighted by molar-refractivity contribution is 7.80. The molecule has 0 aromatic heterocycles. The van der Waals surface area contributed by atoms with Crippen LogP contribution in [-0.4, -0.2) is 52.3 Å². The normalized spacial score (nSPS) is 28.5. The molecule has 2 heterocycles. The number of carbonyl (C=O) groups is 2. The molecule has 0 radical (unpaired) electrons. The number of nitrogens with two attached hydrogens (primary N) is 1. The maximum atomic E-state index is 13.0. The second kappa shape index (κ2) is 5.02. The van der Waals surface area contributed by atoms with Crippen molar-refractivity contribution >= 4 is 29.0 Å². The third kappa shape index (κ3) is 2.11. The third-order valence-corrected chi connectivity index (χ3v) is 6.04. The first kappa shape index (κ1) is 14.9. The minimum absolute atomic E-state index is 0.0117. The summed E-state index contributed by atoms with van der Waals surface area (Å²) in [6.07, 6.45) is 5.42. The Bertz CT molecular complexity index is 491. The molecule has 2 aliphatic heterocycles. The number of imide groups is 1. The first-order valence-corrected chi connectivity index (χ1v) is 8.18. The van der Waals surface area contributed by atoms with Gasteiger partial charge in [-0.3, -0.25) is 14.5 Å². The van der Waals surface area contributed by atoms with Gasteiger partial charge in [0.05, 0.1) is 10.4 Å². The van der Waals surface area contributed by atoms with Crippen LogP contribution in [-0.2, 0) is 9.59 Å². The second-order valence-electron chi connectivity index (χ2n) is 6.90. The van der Waals surface area contributed by atoms with Gasteiger partial charge in [0.15, 0.2) is 0 Å². The molecule has 1 aliphatic carbocycles. The van der Waals surface area contributed by atoms with Crippen LogP contribution in [0.15, 0.2) is 0 Å². The number of nitrogens with zero attached hydrogens (tertiary/aromatic N) is 2. The van der Waals surface area contributed by atoms with Crippen LogP contribution in [0, 0.1) is 5.41 Å². The number of carbonyl (C=O) groups excluding carboxylic acids is 2. The minimum Gasteiger partial charge on any atom is -0.391 e. The van der Waals surface area contributed by atoms with Gasteiger partial charge >= 0.3 is 0 Å². The summed E-state index contributed by atoms with van der Waals surface area (Å²) >= 11 is 5.29. The summed E-state index contributed by atoms with van der Waals surface area (Å²) in [6, 6.07) is 0. The van der Waals surface area contributed by atoms with Gasteiger partial charge in [-0.15, -0.1) is 0 Å². The zero-order chi connectivity index (χ0) is 15.3. The second-order valence-corrected chi connectivity index (χ2v) is 7.34. The Morgan fingerprint density at radius 1 is 1.14 bits per heavy atom. The van der Waals surface area contributed by atoms with E-state index in [1.54, 1.807) is 0 Å². The molecule has 116 valence electrons. The predicted molar refractivity (Wildman–Crippen MR) is 83.6 cm³/mol. The molecule has 2 amide bonds. The minimum atomic E-state index is -0.734. The first-order chi connectivity index (χ1) is 9.91. The van der Waals surface area contributed by atoms with Crippen LogP contribution in [0.4, 0.5) is 0 Å². The summed E-state index contributed by atoms with van der Waals surface area (Å²) in [7, 11) is 2.04. The van der Waals surface area contributed by atoms with Crippen molar-refractivity contribution < 1.29 is 9.59 Å². The van der Waals surface area contributed by atoms with Crippen molar-refractivity contribution in [2.45, 2.75) is 50.5 Å². The highest BCUT2D eigenvalue weighted by Crippen LogP contribution is 2.49. The monoisotopic (exact) mass is 309 g/mol. The lowest BCUT2D eigenvalue weighted by Gasteiger charge is -2.45. The fourth-order valence-corrected chi connectivity index (χ4v) is 4.53. The van der Waals surface area contributed by atoms with Gasteiger partial charge in [0.1, 0.15) is 5.54 Å². The number of likely N-dealkylation sites (tertiary alicyclic amines) is 2. The lowest BCUT2D eigenvalue weighted by Crippen LogP contribution is -2.63. The topological polar surface area (TPSA) is 66.6 Å². The van der Waals surface area contributed by atoms with Crippen LogP contribution in [0.5, 0.6) is 0 Å². The standard InChI is InChI=1S/C15H23N3O2S/c1-17-8-6-15(7-9-17,12(16)21)18-11(19)10-14(13(18)20)4-2-3-5-14/h2-10H2,1H3,(H2,16,21). The van der Waals surface area contributed by atoms with E-state index in [1.807, 2.05) is 7.05 Å². The van der Waals surface area contributed by atoms with Gasteiger partial charge in [-0.05, 0) is 32.7 Å². The molecule has 2 N–H and O–H groups in total. The van der Waals surface area contributed by atoms with Crippen LogP contribution < -0.4 is 5.73 Å². The Kier molecular flexibility index (Phi) is 3.56. The van der Waals surface area contributed by atoms with E-state index in [2.05, 4.69) is 4.90 Å². The predicted octanol–water partition coefficient (Wildman–Crippen LogP) is 1.06. The van der Waals surface area contributed by atoms with Gasteiger partial charge in [-0.2, -0.15) is 0 Å². The first-order valence-electron chi connectivity index (χ1n) is 7.77. The SMILES string of the molecule is CN1CCC(C(N)=S)(N2C(=O)CC3(CCCC3)C2=O)CC1. The molecule has 0 unspecified atom stereocenters. The molecule has 0 aromatic rings. The van der Waals surface area contributed by atoms with Crippen molar-refractivity contribution in [3.05, 3.63) is 0 Å². The maximum Gasteiger partial charge on any atom is 0.236 e. The summed E-state index contributed by atoms with van der Waals surface area (Å²) in [4.78, 5) is 29.6. The number of thiocarbonyl (C=S) groups is 1. The highest BCUT2D eigenvalue weighted by Gasteiger charge is 2.59. The average Bonchev–Trinajstić information content (AvgIpc) is 2.99. The van der Waals surface area contributed by atoms with Crippen molar-refractivity contribution in [2.24, 2.45) is 11.1 Å². The zero-order valence-electron chi connectivity index (χ0n) is 12.6. The van der Waals surface area contributed by atoms with Crippen LogP contribution >= 0.6 is 12.2 Å². The molecule has 21 heavy (non-hydrogen) atoms. The van der Waals surface area contributed by atoms with Crippen LogP contribution in [0.2, 0.25) is 0 Å². The molecule has 0 bridgehead atoms. The molecule has 5 nitrogen and oxygen atoms in total. The molecule has 6 heteroatoms. The Balaban J connectivity index is 1.95. The summed E-state index contributed by atoms with van der Waals surface area (Å²) in [5.74, 6) is -0.0818. The van der Waals surface area contributed by atoms with E-state index in [0.717, 1.165) is 38.8 Å². The van der Waals surface area contributed by atoms with Gasteiger partial charge in [-0.25, -0.2) is 0 Å². The third-order valence-electron chi connectivity index (χ3n) is 5.66. The molecule has 0 aromatic carbocycles. The van der Waals surface area contributed by atoms with Crippen molar-refractivity contribution in [3.63, 3.8) is 0 Å². The fourth-order valence-electron chi connectivity index (χ4n) is 4.24. The van der Waals surface area contributed by atoms with E-state index in [9.17, 15) is 9.59 Å². The van der Waals surface area contributed by atoms with Crippen LogP contribution in [0.1, 0.15) is 44.9 Å². The Hall–Kier alpha value is -1.01. The van der Waals surface area contributed by atoms with Crippen LogP contribution in [0.3, 0.4) is 0 Å². The van der Waals surface area contributed by atoms with E-state index in [4.69, 9.17) is 18.0 Å². The fraction of sp³-hybridized carbons (Fsp3) is 0.800. The average molecular weight is 309 g/mol. The Morgan fingerprint density at radius 2 is 1.71 bits per heavy atom. The van der Waals surface area contributed by atoms with Gasteiger partial charge in [0.2, 0.25) is 11.8 Å². The molecule has 1 saturated carbocycles. The van der Waals surface area contributed by atoms with Crippen molar-refractivity contribution in [2.75, 3.05) is 20.1 Å².